The minimum Gasteiger partial charge on any atom is -0.444 e. The van der Waals surface area contributed by atoms with Crippen LogP contribution in [0.5, 0.6) is 0 Å². The Labute approximate surface area is 153 Å². The molecule has 0 radical (unpaired) electrons. The van der Waals surface area contributed by atoms with E-state index in [2.05, 4.69) is 27.2 Å². The fourth-order valence-electron chi connectivity index (χ4n) is 1.89. The Hall–Kier alpha value is -1.34. The molecule has 0 atom stereocenters. The van der Waals surface area contributed by atoms with Gasteiger partial charge in [-0.3, -0.25) is 0 Å². The lowest BCUT2D eigenvalue weighted by atomic mass is 10.2. The van der Waals surface area contributed by atoms with Gasteiger partial charge < -0.3 is 15.0 Å². The summed E-state index contributed by atoms with van der Waals surface area (Å²) in [4.78, 5) is 25.6. The van der Waals surface area contributed by atoms with Crippen LogP contribution in [0.15, 0.2) is 0 Å². The molecule has 0 fully saturated rings. The van der Waals surface area contributed by atoms with Crippen LogP contribution >= 0.6 is 23.2 Å². The second kappa shape index (κ2) is 9.84. The first-order valence-corrected chi connectivity index (χ1v) is 8.75. The number of unbranched alkanes of at least 4 members (excludes halogenated alkanes) is 1. The number of aromatic nitrogens is 3. The largest absolute Gasteiger partial charge is 0.444 e. The van der Waals surface area contributed by atoms with Gasteiger partial charge in [0.25, 0.3) is 0 Å². The SMILES string of the molecule is CCCCN(CCCNC(=O)OC(C)(C)C)c1nc(Cl)nc(Cl)n1. The Morgan fingerprint density at radius 3 is 2.25 bits per heavy atom. The number of hydrogen-bond acceptors (Lipinski definition) is 6. The Morgan fingerprint density at radius 2 is 1.71 bits per heavy atom. The van der Waals surface area contributed by atoms with Crippen LogP contribution in [-0.4, -0.2) is 46.3 Å². The highest BCUT2D eigenvalue weighted by Gasteiger charge is 2.16. The third-order valence-corrected chi connectivity index (χ3v) is 3.24. The van der Waals surface area contributed by atoms with Crippen LogP contribution in [0.1, 0.15) is 47.0 Å². The van der Waals surface area contributed by atoms with E-state index in [0.717, 1.165) is 19.4 Å². The number of carbonyl (C=O) groups is 1. The molecule has 7 nitrogen and oxygen atoms in total. The number of nitrogens with one attached hydrogen (secondary N) is 1. The fraction of sp³-hybridized carbons (Fsp3) is 0.733. The van der Waals surface area contributed by atoms with E-state index < -0.39 is 11.7 Å². The summed E-state index contributed by atoms with van der Waals surface area (Å²) in [6.45, 7) is 9.51. The van der Waals surface area contributed by atoms with Crippen molar-refractivity contribution in [2.24, 2.45) is 0 Å². The van der Waals surface area contributed by atoms with Crippen molar-refractivity contribution in [3.63, 3.8) is 0 Å². The van der Waals surface area contributed by atoms with E-state index in [1.807, 2.05) is 25.7 Å². The molecular formula is C15H25Cl2N5O2. The van der Waals surface area contributed by atoms with Crippen molar-refractivity contribution in [3.05, 3.63) is 10.6 Å². The van der Waals surface area contributed by atoms with Gasteiger partial charge >= 0.3 is 6.09 Å². The number of alkyl carbamates (subject to hydrolysis) is 1. The summed E-state index contributed by atoms with van der Waals surface area (Å²) in [7, 11) is 0. The van der Waals surface area contributed by atoms with E-state index in [1.165, 1.54) is 0 Å². The number of carbonyl (C=O) groups excluding carboxylic acids is 1. The van der Waals surface area contributed by atoms with Crippen LogP contribution in [0.3, 0.4) is 0 Å². The van der Waals surface area contributed by atoms with E-state index in [1.54, 1.807) is 0 Å². The summed E-state index contributed by atoms with van der Waals surface area (Å²) in [5.41, 5.74) is -0.504. The Kier molecular flexibility index (Phi) is 8.48. The second-order valence-electron chi connectivity index (χ2n) is 6.30. The zero-order chi connectivity index (χ0) is 18.2. The summed E-state index contributed by atoms with van der Waals surface area (Å²) >= 11 is 11.7. The van der Waals surface area contributed by atoms with Gasteiger partial charge in [-0.05, 0) is 56.8 Å². The van der Waals surface area contributed by atoms with Crippen molar-refractivity contribution in [2.75, 3.05) is 24.5 Å². The number of nitrogens with zero attached hydrogens (tertiary/aromatic N) is 4. The van der Waals surface area contributed by atoms with Crippen molar-refractivity contribution in [1.29, 1.82) is 0 Å². The predicted octanol–water partition coefficient (Wildman–Crippen LogP) is 3.70. The fourth-order valence-corrected chi connectivity index (χ4v) is 2.25. The maximum absolute atomic E-state index is 11.6. The summed E-state index contributed by atoms with van der Waals surface area (Å²) in [5.74, 6) is 0.450. The molecule has 1 aromatic rings. The van der Waals surface area contributed by atoms with Gasteiger partial charge in [0.1, 0.15) is 5.60 Å². The minimum atomic E-state index is -0.504. The summed E-state index contributed by atoms with van der Waals surface area (Å²) in [6, 6.07) is 0. The van der Waals surface area contributed by atoms with Gasteiger partial charge in [-0.2, -0.15) is 15.0 Å². The first-order chi connectivity index (χ1) is 11.2. The molecule has 1 amide bonds. The zero-order valence-corrected chi connectivity index (χ0v) is 16.1. The van der Waals surface area contributed by atoms with Crippen LogP contribution < -0.4 is 10.2 Å². The Morgan fingerprint density at radius 1 is 1.12 bits per heavy atom. The molecule has 0 bridgehead atoms. The second-order valence-corrected chi connectivity index (χ2v) is 6.97. The number of rotatable bonds is 8. The maximum atomic E-state index is 11.6. The van der Waals surface area contributed by atoms with Gasteiger partial charge in [-0.15, -0.1) is 0 Å². The summed E-state index contributed by atoms with van der Waals surface area (Å²) in [5, 5.41) is 2.87. The maximum Gasteiger partial charge on any atom is 0.407 e. The molecule has 1 aromatic heterocycles. The highest BCUT2D eigenvalue weighted by molar-refractivity contribution is 6.31. The molecule has 0 saturated carbocycles. The molecule has 136 valence electrons. The molecular weight excluding hydrogens is 353 g/mol. The van der Waals surface area contributed by atoms with E-state index in [9.17, 15) is 4.79 Å². The molecule has 0 aliphatic rings. The van der Waals surface area contributed by atoms with Gasteiger partial charge in [-0.25, -0.2) is 4.79 Å². The lowest BCUT2D eigenvalue weighted by Gasteiger charge is -2.23. The highest BCUT2D eigenvalue weighted by Crippen LogP contribution is 2.15. The molecule has 0 aromatic carbocycles. The van der Waals surface area contributed by atoms with E-state index in [-0.39, 0.29) is 10.6 Å². The minimum absolute atomic E-state index is 0.0679. The van der Waals surface area contributed by atoms with E-state index in [0.29, 0.717) is 25.5 Å². The molecule has 0 spiro atoms. The standard InChI is InChI=1S/C15H25Cl2N5O2/c1-5-6-9-22(13-20-11(16)19-12(17)21-13)10-7-8-18-14(23)24-15(2,3)4/h5-10H2,1-4H3,(H,18,23). The topological polar surface area (TPSA) is 80.2 Å². The summed E-state index contributed by atoms with van der Waals surface area (Å²) in [6.07, 6.45) is 2.32. The van der Waals surface area contributed by atoms with Crippen LogP contribution in [0.2, 0.25) is 10.6 Å². The lowest BCUT2D eigenvalue weighted by Crippen LogP contribution is -2.35. The number of ether oxygens (including phenoxy) is 1. The summed E-state index contributed by atoms with van der Waals surface area (Å²) < 4.78 is 5.19. The first-order valence-electron chi connectivity index (χ1n) is 8.00. The van der Waals surface area contributed by atoms with Gasteiger partial charge in [0, 0.05) is 19.6 Å². The zero-order valence-electron chi connectivity index (χ0n) is 14.6. The molecule has 0 unspecified atom stereocenters. The van der Waals surface area contributed by atoms with Gasteiger partial charge in [0.2, 0.25) is 16.5 Å². The van der Waals surface area contributed by atoms with Crippen LogP contribution in [-0.2, 0) is 4.74 Å². The van der Waals surface area contributed by atoms with Crippen LogP contribution in [0, 0.1) is 0 Å². The number of amides is 1. The van der Waals surface area contributed by atoms with E-state index in [4.69, 9.17) is 27.9 Å². The predicted molar refractivity (Wildman–Crippen MR) is 95.8 cm³/mol. The first kappa shape index (κ1) is 20.7. The quantitative estimate of drug-likeness (QED) is 0.695. The van der Waals surface area contributed by atoms with Crippen molar-refractivity contribution < 1.29 is 9.53 Å². The monoisotopic (exact) mass is 377 g/mol. The smallest absolute Gasteiger partial charge is 0.407 e. The van der Waals surface area contributed by atoms with Crippen LogP contribution in [0.25, 0.3) is 0 Å². The van der Waals surface area contributed by atoms with Gasteiger partial charge in [0.05, 0.1) is 0 Å². The molecule has 0 saturated heterocycles. The Bertz CT molecular complexity index is 517. The van der Waals surface area contributed by atoms with Gasteiger partial charge in [-0.1, -0.05) is 13.3 Å². The molecule has 1 N–H and O–H groups in total. The van der Waals surface area contributed by atoms with Crippen molar-refractivity contribution in [3.8, 4) is 0 Å². The third kappa shape index (κ3) is 8.49. The van der Waals surface area contributed by atoms with Gasteiger partial charge in [0.15, 0.2) is 0 Å². The molecule has 9 heteroatoms. The van der Waals surface area contributed by atoms with E-state index >= 15 is 0 Å². The van der Waals surface area contributed by atoms with Crippen molar-refractivity contribution >= 4 is 35.2 Å². The highest BCUT2D eigenvalue weighted by atomic mass is 35.5. The number of anilines is 1. The average molecular weight is 378 g/mol. The molecule has 0 aliphatic heterocycles. The molecule has 1 rings (SSSR count). The van der Waals surface area contributed by atoms with Crippen molar-refractivity contribution in [2.45, 2.75) is 52.6 Å². The molecule has 0 aliphatic carbocycles. The van der Waals surface area contributed by atoms with Crippen LogP contribution in [0.4, 0.5) is 10.7 Å². The number of halogens is 2. The number of hydrogen-bond donors (Lipinski definition) is 1. The molecule has 24 heavy (non-hydrogen) atoms. The molecule has 1 heterocycles. The van der Waals surface area contributed by atoms with Crippen molar-refractivity contribution in [1.82, 2.24) is 20.3 Å². The Balaban J connectivity index is 2.53. The lowest BCUT2D eigenvalue weighted by molar-refractivity contribution is 0.0527. The average Bonchev–Trinajstić information content (AvgIpc) is 2.43. The normalized spacial score (nSPS) is 11.2. The third-order valence-electron chi connectivity index (χ3n) is 2.91.